The number of amides is 1. The number of imidazole rings is 1. The van der Waals surface area contributed by atoms with Crippen molar-refractivity contribution < 1.29 is 4.79 Å². The van der Waals surface area contributed by atoms with Gasteiger partial charge in [0, 0.05) is 31.9 Å². The Morgan fingerprint density at radius 2 is 2.00 bits per heavy atom. The van der Waals surface area contributed by atoms with Crippen molar-refractivity contribution in [2.45, 2.75) is 53.2 Å². The molecule has 0 aromatic carbocycles. The molecule has 0 aliphatic heterocycles. The molecule has 1 rings (SSSR count). The van der Waals surface area contributed by atoms with E-state index in [1.165, 1.54) is 0 Å². The predicted octanol–water partition coefficient (Wildman–Crippen LogP) is 1.81. The van der Waals surface area contributed by atoms with E-state index in [1.54, 1.807) is 6.33 Å². The molecular weight excluding hydrogens is 240 g/mol. The Bertz CT molecular complexity index is 396. The first-order chi connectivity index (χ1) is 9.01. The first-order valence-corrected chi connectivity index (χ1v) is 7.04. The van der Waals surface area contributed by atoms with Crippen LogP contribution in [0.3, 0.4) is 0 Å². The van der Waals surface area contributed by atoms with Crippen LogP contribution in [0.4, 0.5) is 0 Å². The van der Waals surface area contributed by atoms with Crippen LogP contribution in [-0.4, -0.2) is 39.5 Å². The fourth-order valence-electron chi connectivity index (χ4n) is 2.04. The highest BCUT2D eigenvalue weighted by molar-refractivity contribution is 5.80. The summed E-state index contributed by atoms with van der Waals surface area (Å²) in [5.41, 5.74) is 1.04. The summed E-state index contributed by atoms with van der Waals surface area (Å²) in [6, 6.07) is 0.212. The summed E-state index contributed by atoms with van der Waals surface area (Å²) in [7, 11) is 0. The summed E-state index contributed by atoms with van der Waals surface area (Å²) in [5.74, 6) is 0.147. The lowest BCUT2D eigenvalue weighted by molar-refractivity contribution is -0.133. The molecule has 1 unspecified atom stereocenters. The molecule has 0 fully saturated rings. The molecule has 1 atom stereocenters. The van der Waals surface area contributed by atoms with Crippen LogP contribution in [0.25, 0.3) is 0 Å². The lowest BCUT2D eigenvalue weighted by Gasteiger charge is -2.24. The SMILES string of the molecule is CCN(CC)C(=O)C(C)n1cncc1CNC(C)C. The molecule has 1 aromatic heterocycles. The van der Waals surface area contributed by atoms with Gasteiger partial charge in [-0.2, -0.15) is 0 Å². The number of nitrogens with one attached hydrogen (secondary N) is 1. The van der Waals surface area contributed by atoms with Crippen LogP contribution in [0.15, 0.2) is 12.5 Å². The van der Waals surface area contributed by atoms with Crippen molar-refractivity contribution in [2.75, 3.05) is 13.1 Å². The number of nitrogens with zero attached hydrogens (tertiary/aromatic N) is 3. The Hall–Kier alpha value is -1.36. The van der Waals surface area contributed by atoms with Crippen molar-refractivity contribution in [3.63, 3.8) is 0 Å². The second kappa shape index (κ2) is 7.28. The summed E-state index contributed by atoms with van der Waals surface area (Å²) in [6.07, 6.45) is 3.56. The van der Waals surface area contributed by atoms with Gasteiger partial charge in [0.15, 0.2) is 0 Å². The molecule has 1 amide bonds. The van der Waals surface area contributed by atoms with Crippen LogP contribution < -0.4 is 5.32 Å². The third kappa shape index (κ3) is 4.06. The molecule has 5 heteroatoms. The lowest BCUT2D eigenvalue weighted by atomic mass is 10.2. The molecule has 5 nitrogen and oxygen atoms in total. The zero-order valence-electron chi connectivity index (χ0n) is 12.7. The van der Waals surface area contributed by atoms with E-state index in [4.69, 9.17) is 0 Å². The second-order valence-electron chi connectivity index (χ2n) is 5.01. The number of carbonyl (C=O) groups excluding carboxylic acids is 1. The van der Waals surface area contributed by atoms with Gasteiger partial charge in [-0.3, -0.25) is 4.79 Å². The fraction of sp³-hybridized carbons (Fsp3) is 0.714. The number of carbonyl (C=O) groups is 1. The van der Waals surface area contributed by atoms with Gasteiger partial charge in [-0.25, -0.2) is 4.98 Å². The summed E-state index contributed by atoms with van der Waals surface area (Å²) in [5, 5.41) is 3.35. The minimum absolute atomic E-state index is 0.147. The summed E-state index contributed by atoms with van der Waals surface area (Å²) < 4.78 is 1.95. The van der Waals surface area contributed by atoms with Crippen molar-refractivity contribution in [3.8, 4) is 0 Å². The first-order valence-electron chi connectivity index (χ1n) is 7.04. The lowest BCUT2D eigenvalue weighted by Crippen LogP contribution is -2.36. The van der Waals surface area contributed by atoms with Crippen LogP contribution in [-0.2, 0) is 11.3 Å². The van der Waals surface area contributed by atoms with E-state index >= 15 is 0 Å². The zero-order chi connectivity index (χ0) is 14.4. The smallest absolute Gasteiger partial charge is 0.245 e. The minimum Gasteiger partial charge on any atom is -0.341 e. The molecule has 108 valence electrons. The average molecular weight is 266 g/mol. The highest BCUT2D eigenvalue weighted by Gasteiger charge is 2.21. The highest BCUT2D eigenvalue weighted by atomic mass is 16.2. The maximum absolute atomic E-state index is 12.4. The molecule has 19 heavy (non-hydrogen) atoms. The van der Waals surface area contributed by atoms with E-state index in [-0.39, 0.29) is 11.9 Å². The van der Waals surface area contributed by atoms with Gasteiger partial charge in [0.05, 0.1) is 12.0 Å². The monoisotopic (exact) mass is 266 g/mol. The van der Waals surface area contributed by atoms with Gasteiger partial charge in [-0.05, 0) is 20.8 Å². The predicted molar refractivity (Wildman–Crippen MR) is 76.8 cm³/mol. The molecule has 1 heterocycles. The average Bonchev–Trinajstić information content (AvgIpc) is 2.85. The quantitative estimate of drug-likeness (QED) is 0.819. The third-order valence-electron chi connectivity index (χ3n) is 3.29. The number of likely N-dealkylation sites (N-methyl/N-ethyl adjacent to an activating group) is 1. The number of hydrogen-bond acceptors (Lipinski definition) is 3. The maximum Gasteiger partial charge on any atom is 0.245 e. The molecule has 0 saturated carbocycles. The van der Waals surface area contributed by atoms with Crippen molar-refractivity contribution in [1.29, 1.82) is 0 Å². The van der Waals surface area contributed by atoms with Crippen molar-refractivity contribution in [2.24, 2.45) is 0 Å². The fourth-order valence-corrected chi connectivity index (χ4v) is 2.04. The second-order valence-corrected chi connectivity index (χ2v) is 5.01. The van der Waals surface area contributed by atoms with Crippen LogP contribution in [0.1, 0.15) is 46.4 Å². The number of rotatable bonds is 7. The standard InChI is InChI=1S/C14H26N4O/c1-6-17(7-2)14(19)12(5)18-10-15-8-13(18)9-16-11(3)4/h8,10-12,16H,6-7,9H2,1-5H3. The normalized spacial score (nSPS) is 12.7. The van der Waals surface area contributed by atoms with Gasteiger partial charge in [0.2, 0.25) is 5.91 Å². The maximum atomic E-state index is 12.4. The Morgan fingerprint density at radius 3 is 2.53 bits per heavy atom. The van der Waals surface area contributed by atoms with E-state index in [1.807, 2.05) is 36.4 Å². The molecule has 0 radical (unpaired) electrons. The molecule has 0 aliphatic rings. The Kier molecular flexibility index (Phi) is 6.02. The molecule has 1 aromatic rings. The summed E-state index contributed by atoms with van der Waals surface area (Å²) >= 11 is 0. The third-order valence-corrected chi connectivity index (χ3v) is 3.29. The number of hydrogen-bond donors (Lipinski definition) is 1. The van der Waals surface area contributed by atoms with Gasteiger partial charge in [0.25, 0.3) is 0 Å². The van der Waals surface area contributed by atoms with E-state index in [2.05, 4.69) is 24.1 Å². The molecule has 0 saturated heterocycles. The van der Waals surface area contributed by atoms with Gasteiger partial charge in [-0.15, -0.1) is 0 Å². The van der Waals surface area contributed by atoms with Crippen molar-refractivity contribution in [1.82, 2.24) is 19.8 Å². The molecule has 1 N–H and O–H groups in total. The topological polar surface area (TPSA) is 50.2 Å². The van der Waals surface area contributed by atoms with Crippen LogP contribution in [0, 0.1) is 0 Å². The van der Waals surface area contributed by atoms with E-state index in [0.29, 0.717) is 6.04 Å². The number of aromatic nitrogens is 2. The highest BCUT2D eigenvalue weighted by Crippen LogP contribution is 2.13. The Balaban J connectivity index is 2.79. The summed E-state index contributed by atoms with van der Waals surface area (Å²) in [6.45, 7) is 12.4. The van der Waals surface area contributed by atoms with Gasteiger partial charge in [0.1, 0.15) is 6.04 Å². The van der Waals surface area contributed by atoms with Crippen molar-refractivity contribution >= 4 is 5.91 Å². The first kappa shape index (κ1) is 15.7. The summed E-state index contributed by atoms with van der Waals surface area (Å²) in [4.78, 5) is 18.4. The van der Waals surface area contributed by atoms with E-state index in [0.717, 1.165) is 25.3 Å². The molecule has 0 aliphatic carbocycles. The van der Waals surface area contributed by atoms with Gasteiger partial charge < -0.3 is 14.8 Å². The van der Waals surface area contributed by atoms with Crippen molar-refractivity contribution in [3.05, 3.63) is 18.2 Å². The Labute approximate surface area is 116 Å². The largest absolute Gasteiger partial charge is 0.341 e. The Morgan fingerprint density at radius 1 is 1.37 bits per heavy atom. The molecular formula is C14H26N4O. The van der Waals surface area contributed by atoms with Gasteiger partial charge in [-0.1, -0.05) is 13.8 Å². The molecule has 0 spiro atoms. The van der Waals surface area contributed by atoms with Gasteiger partial charge >= 0.3 is 0 Å². The van der Waals surface area contributed by atoms with Crippen LogP contribution in [0.5, 0.6) is 0 Å². The van der Waals surface area contributed by atoms with E-state index < -0.39 is 0 Å². The van der Waals surface area contributed by atoms with E-state index in [9.17, 15) is 4.79 Å². The van der Waals surface area contributed by atoms with Crippen LogP contribution in [0.2, 0.25) is 0 Å². The molecule has 0 bridgehead atoms. The minimum atomic E-state index is -0.202. The van der Waals surface area contributed by atoms with Crippen LogP contribution >= 0.6 is 0 Å². The zero-order valence-corrected chi connectivity index (χ0v) is 12.7.